The van der Waals surface area contributed by atoms with Crippen molar-refractivity contribution in [2.24, 2.45) is 5.92 Å². The summed E-state index contributed by atoms with van der Waals surface area (Å²) in [4.78, 5) is 27.8. The van der Waals surface area contributed by atoms with Crippen molar-refractivity contribution in [2.45, 2.75) is 63.7 Å². The molecule has 4 aromatic rings. The van der Waals surface area contributed by atoms with Crippen LogP contribution in [0.1, 0.15) is 55.4 Å². The van der Waals surface area contributed by atoms with E-state index in [-0.39, 0.29) is 37.2 Å². The zero-order valence-corrected chi connectivity index (χ0v) is 25.6. The van der Waals surface area contributed by atoms with Gasteiger partial charge in [-0.3, -0.25) is 14.7 Å². The number of aliphatic hydroxyl groups excluding tert-OH is 1. The van der Waals surface area contributed by atoms with Gasteiger partial charge >= 0.3 is 5.97 Å². The molecule has 3 aromatic carbocycles. The molecule has 3 N–H and O–H groups in total. The molecule has 5 atom stereocenters. The molecular formula is C33H36N4O6S. The summed E-state index contributed by atoms with van der Waals surface area (Å²) in [6.07, 6.45) is -0.334. The van der Waals surface area contributed by atoms with E-state index in [1.54, 1.807) is 18.7 Å². The van der Waals surface area contributed by atoms with Crippen LogP contribution in [0.25, 0.3) is 11.1 Å². The molecule has 0 spiro atoms. The van der Waals surface area contributed by atoms with E-state index >= 15 is 0 Å². The van der Waals surface area contributed by atoms with E-state index in [9.17, 15) is 14.7 Å². The smallest absolute Gasteiger partial charge is 0.303 e. The maximum atomic E-state index is 12.4. The van der Waals surface area contributed by atoms with E-state index in [0.29, 0.717) is 5.75 Å². The number of hydrogen-bond donors (Lipinski definition) is 3. The third-order valence-electron chi connectivity index (χ3n) is 7.58. The standard InChI is InChI=1S/C33H36N4O6S/c1-20-29(18-44-33-35-19-36-37-33)42-32(43-30(20)25-10-8-23(17-38)9-11-25)26-14-12-24(13-15-26)28-7-5-4-6-27(28)16-34-31(40)21(2)41-22(3)39/h4-15,19-21,29-30,32,38H,16-18H2,1-3H3,(H,34,40)(H,35,36,37)/t20-,21+,29+,30+,32+/m1/s1. The molecule has 1 aromatic heterocycles. The lowest BCUT2D eigenvalue weighted by Gasteiger charge is -2.41. The van der Waals surface area contributed by atoms with Crippen LogP contribution in [0.4, 0.5) is 0 Å². The molecule has 1 aliphatic heterocycles. The number of amides is 1. The summed E-state index contributed by atoms with van der Waals surface area (Å²) >= 11 is 1.55. The van der Waals surface area contributed by atoms with Gasteiger partial charge in [-0.25, -0.2) is 4.98 Å². The number of nitrogens with one attached hydrogen (secondary N) is 2. The number of carbonyl (C=O) groups is 2. The van der Waals surface area contributed by atoms with Crippen LogP contribution in [-0.2, 0) is 37.0 Å². The lowest BCUT2D eigenvalue weighted by molar-refractivity contribution is -0.268. The van der Waals surface area contributed by atoms with Crippen LogP contribution in [-0.4, -0.2) is 50.1 Å². The molecule has 0 saturated carbocycles. The summed E-state index contributed by atoms with van der Waals surface area (Å²) in [5.41, 5.74) is 5.63. The van der Waals surface area contributed by atoms with Crippen molar-refractivity contribution in [3.8, 4) is 11.1 Å². The second kappa shape index (κ2) is 14.6. The van der Waals surface area contributed by atoms with Crippen molar-refractivity contribution < 1.29 is 28.9 Å². The van der Waals surface area contributed by atoms with E-state index in [1.807, 2.05) is 72.8 Å². The maximum Gasteiger partial charge on any atom is 0.303 e. The molecule has 0 aliphatic carbocycles. The fraction of sp³-hybridized carbons (Fsp3) is 0.333. The fourth-order valence-electron chi connectivity index (χ4n) is 5.14. The number of thioether (sulfide) groups is 1. The minimum absolute atomic E-state index is 0.0151. The van der Waals surface area contributed by atoms with Gasteiger partial charge in [0, 0.05) is 30.7 Å². The fourth-order valence-corrected chi connectivity index (χ4v) is 6.08. The highest BCUT2D eigenvalue weighted by molar-refractivity contribution is 7.99. The van der Waals surface area contributed by atoms with Crippen molar-refractivity contribution in [3.63, 3.8) is 0 Å². The Hall–Kier alpha value is -4.03. The summed E-state index contributed by atoms with van der Waals surface area (Å²) in [5.74, 6) is -0.150. The van der Waals surface area contributed by atoms with Gasteiger partial charge in [0.05, 0.1) is 18.8 Å². The van der Waals surface area contributed by atoms with Crippen molar-refractivity contribution in [3.05, 3.63) is 101 Å². The molecule has 5 rings (SSSR count). The van der Waals surface area contributed by atoms with Gasteiger partial charge in [-0.05, 0) is 34.7 Å². The third-order valence-corrected chi connectivity index (χ3v) is 8.54. The quantitative estimate of drug-likeness (QED) is 0.155. The van der Waals surface area contributed by atoms with Gasteiger partial charge in [-0.15, -0.1) is 0 Å². The number of carbonyl (C=O) groups excluding carboxylic acids is 2. The van der Waals surface area contributed by atoms with Gasteiger partial charge < -0.3 is 24.6 Å². The molecule has 230 valence electrons. The van der Waals surface area contributed by atoms with Gasteiger partial charge in [0.25, 0.3) is 5.91 Å². The minimum Gasteiger partial charge on any atom is -0.453 e. The Balaban J connectivity index is 1.34. The van der Waals surface area contributed by atoms with Crippen LogP contribution >= 0.6 is 11.8 Å². The molecule has 0 unspecified atom stereocenters. The van der Waals surface area contributed by atoms with E-state index in [4.69, 9.17) is 14.2 Å². The van der Waals surface area contributed by atoms with Crippen molar-refractivity contribution in [2.75, 3.05) is 5.75 Å². The number of rotatable bonds is 11. The molecule has 1 saturated heterocycles. The Morgan fingerprint density at radius 1 is 1.05 bits per heavy atom. The second-order valence-corrected chi connectivity index (χ2v) is 11.7. The van der Waals surface area contributed by atoms with E-state index in [1.165, 1.54) is 13.3 Å². The zero-order valence-electron chi connectivity index (χ0n) is 24.8. The first-order valence-corrected chi connectivity index (χ1v) is 15.4. The minimum atomic E-state index is -0.869. The average Bonchev–Trinajstić information content (AvgIpc) is 3.57. The van der Waals surface area contributed by atoms with Crippen LogP contribution in [0.2, 0.25) is 0 Å². The summed E-state index contributed by atoms with van der Waals surface area (Å²) < 4.78 is 18.1. The molecule has 44 heavy (non-hydrogen) atoms. The van der Waals surface area contributed by atoms with E-state index < -0.39 is 18.4 Å². The number of aromatic nitrogens is 3. The molecule has 1 amide bonds. The van der Waals surface area contributed by atoms with Crippen molar-refractivity contribution in [1.82, 2.24) is 20.5 Å². The number of aliphatic hydroxyl groups is 1. The normalized spacial score (nSPS) is 20.5. The number of benzene rings is 3. The highest BCUT2D eigenvalue weighted by Gasteiger charge is 2.38. The van der Waals surface area contributed by atoms with Gasteiger partial charge in [0.15, 0.2) is 17.6 Å². The first-order chi connectivity index (χ1) is 21.3. The molecule has 11 heteroatoms. The number of hydrogen-bond acceptors (Lipinski definition) is 9. The molecular weight excluding hydrogens is 580 g/mol. The Labute approximate surface area is 260 Å². The summed E-state index contributed by atoms with van der Waals surface area (Å²) in [6.45, 7) is 5.22. The first kappa shape index (κ1) is 31.4. The molecule has 10 nitrogen and oxygen atoms in total. The topological polar surface area (TPSA) is 136 Å². The monoisotopic (exact) mass is 616 g/mol. The molecule has 2 heterocycles. The molecule has 1 fully saturated rings. The zero-order chi connectivity index (χ0) is 31.1. The second-order valence-electron chi connectivity index (χ2n) is 10.7. The van der Waals surface area contributed by atoms with E-state index in [0.717, 1.165) is 38.5 Å². The molecule has 0 radical (unpaired) electrons. The van der Waals surface area contributed by atoms with Crippen molar-refractivity contribution in [1.29, 1.82) is 0 Å². The summed E-state index contributed by atoms with van der Waals surface area (Å²) in [7, 11) is 0. The predicted octanol–water partition coefficient (Wildman–Crippen LogP) is 5.12. The lowest BCUT2D eigenvalue weighted by Crippen LogP contribution is -2.38. The Kier molecular flexibility index (Phi) is 10.4. The summed E-state index contributed by atoms with van der Waals surface area (Å²) in [6, 6.07) is 23.7. The highest BCUT2D eigenvalue weighted by Crippen LogP contribution is 2.43. The predicted molar refractivity (Wildman–Crippen MR) is 165 cm³/mol. The van der Waals surface area contributed by atoms with Gasteiger partial charge in [-0.1, -0.05) is 91.5 Å². The SMILES string of the molecule is CC(=O)O[C@@H](C)C(=O)NCc1ccccc1-c1ccc([C@H]2O[C@@H](CSc3ncn[nH]3)[C@@H](C)[C@@H](c3ccc(CO)cc3)O2)cc1. The van der Waals surface area contributed by atoms with Gasteiger partial charge in [-0.2, -0.15) is 5.10 Å². The Morgan fingerprint density at radius 2 is 1.77 bits per heavy atom. The largest absolute Gasteiger partial charge is 0.453 e. The average molecular weight is 617 g/mol. The first-order valence-electron chi connectivity index (χ1n) is 14.4. The van der Waals surface area contributed by atoms with Crippen LogP contribution in [0.5, 0.6) is 0 Å². The number of esters is 1. The van der Waals surface area contributed by atoms with Gasteiger partial charge in [0.2, 0.25) is 0 Å². The van der Waals surface area contributed by atoms with E-state index in [2.05, 4.69) is 27.4 Å². The highest BCUT2D eigenvalue weighted by atomic mass is 32.2. The van der Waals surface area contributed by atoms with Crippen LogP contribution in [0.3, 0.4) is 0 Å². The number of ether oxygens (including phenoxy) is 3. The molecule has 1 aliphatic rings. The molecule has 0 bridgehead atoms. The summed E-state index contributed by atoms with van der Waals surface area (Å²) in [5, 5.41) is 19.9. The lowest BCUT2D eigenvalue weighted by atomic mass is 9.91. The van der Waals surface area contributed by atoms with Crippen molar-refractivity contribution >= 4 is 23.6 Å². The third kappa shape index (κ3) is 7.72. The van der Waals surface area contributed by atoms with Gasteiger partial charge in [0.1, 0.15) is 6.33 Å². The van der Waals surface area contributed by atoms with Crippen LogP contribution in [0, 0.1) is 5.92 Å². The number of H-pyrrole nitrogens is 1. The Bertz CT molecular complexity index is 1530. The number of aromatic amines is 1. The number of nitrogens with zero attached hydrogens (tertiary/aromatic N) is 2. The maximum absolute atomic E-state index is 12.4. The Morgan fingerprint density at radius 3 is 2.45 bits per heavy atom. The van der Waals surface area contributed by atoms with Crippen LogP contribution < -0.4 is 5.32 Å². The van der Waals surface area contributed by atoms with Crippen LogP contribution in [0.15, 0.2) is 84.3 Å².